The second kappa shape index (κ2) is 6.91. The number of benzene rings is 1. The van der Waals surface area contributed by atoms with E-state index >= 15 is 0 Å². The highest BCUT2D eigenvalue weighted by Gasteiger charge is 2.20. The second-order valence-corrected chi connectivity index (χ2v) is 4.93. The number of rotatable bonds is 6. The average molecular weight is 294 g/mol. The summed E-state index contributed by atoms with van der Waals surface area (Å²) in [5.74, 6) is 1.69. The van der Waals surface area contributed by atoms with Gasteiger partial charge in [0.25, 0.3) is 0 Å². The van der Waals surface area contributed by atoms with Gasteiger partial charge in [-0.2, -0.15) is 0 Å². The number of nitrogens with zero attached hydrogens (tertiary/aromatic N) is 1. The van der Waals surface area contributed by atoms with Gasteiger partial charge < -0.3 is 9.15 Å². The largest absolute Gasteiger partial charge is 0.496 e. The molecule has 3 rings (SSSR count). The number of nitrogens with one attached hydrogen (secondary N) is 1. The number of methoxy groups -OCH3 is 1. The molecule has 0 aliphatic heterocycles. The fraction of sp³-hybridized carbons (Fsp3) is 0.167. The maximum Gasteiger partial charge on any atom is 0.125 e. The third kappa shape index (κ3) is 3.18. The van der Waals surface area contributed by atoms with E-state index < -0.39 is 0 Å². The van der Waals surface area contributed by atoms with Crippen LogP contribution in [0.5, 0.6) is 5.75 Å². The second-order valence-electron chi connectivity index (χ2n) is 4.93. The van der Waals surface area contributed by atoms with E-state index in [-0.39, 0.29) is 6.04 Å². The maximum absolute atomic E-state index is 5.60. The summed E-state index contributed by atoms with van der Waals surface area (Å²) in [5.41, 5.74) is 2.16. The normalized spacial score (nSPS) is 12.0. The van der Waals surface area contributed by atoms with Crippen molar-refractivity contribution in [3.05, 3.63) is 84.1 Å². The predicted octanol–water partition coefficient (Wildman–Crippen LogP) is 3.56. The van der Waals surface area contributed by atoms with Crippen molar-refractivity contribution in [2.75, 3.05) is 7.11 Å². The molecule has 0 amide bonds. The third-order valence-corrected chi connectivity index (χ3v) is 3.51. The molecule has 4 nitrogen and oxygen atoms in total. The summed E-state index contributed by atoms with van der Waals surface area (Å²) in [6.45, 7) is 0.692. The zero-order valence-corrected chi connectivity index (χ0v) is 12.4. The van der Waals surface area contributed by atoms with Gasteiger partial charge in [-0.25, -0.2) is 0 Å². The van der Waals surface area contributed by atoms with Crippen molar-refractivity contribution < 1.29 is 9.15 Å². The molecule has 0 radical (unpaired) electrons. The fourth-order valence-electron chi connectivity index (χ4n) is 2.45. The van der Waals surface area contributed by atoms with Crippen LogP contribution in [0.25, 0.3) is 0 Å². The number of hydrogen-bond donors (Lipinski definition) is 1. The Labute approximate surface area is 129 Å². The van der Waals surface area contributed by atoms with Gasteiger partial charge in [-0.1, -0.05) is 24.3 Å². The summed E-state index contributed by atoms with van der Waals surface area (Å²) in [4.78, 5) is 4.14. The standard InChI is InChI=1S/C18H18N2O2/c1-21-16-8-3-2-7-15(16)18(17-9-5-11-22-17)20-13-14-6-4-10-19-12-14/h2-12,18,20H,13H2,1H3/t18-/m1/s1. The molecule has 0 aliphatic carbocycles. The van der Waals surface area contributed by atoms with Gasteiger partial charge in [0.2, 0.25) is 0 Å². The number of para-hydroxylation sites is 1. The van der Waals surface area contributed by atoms with Gasteiger partial charge in [-0.05, 0) is 29.8 Å². The first kappa shape index (κ1) is 14.4. The quantitative estimate of drug-likeness (QED) is 0.755. The molecule has 0 saturated carbocycles. The monoisotopic (exact) mass is 294 g/mol. The number of aromatic nitrogens is 1. The predicted molar refractivity (Wildman–Crippen MR) is 84.6 cm³/mol. The Morgan fingerprint density at radius 3 is 2.77 bits per heavy atom. The van der Waals surface area contributed by atoms with E-state index in [9.17, 15) is 0 Å². The van der Waals surface area contributed by atoms with E-state index in [0.717, 1.165) is 22.6 Å². The summed E-state index contributed by atoms with van der Waals surface area (Å²) < 4.78 is 11.1. The van der Waals surface area contributed by atoms with Crippen LogP contribution in [0, 0.1) is 0 Å². The minimum absolute atomic E-state index is 0.0774. The van der Waals surface area contributed by atoms with Crippen LogP contribution in [0.15, 0.2) is 71.6 Å². The van der Waals surface area contributed by atoms with Crippen LogP contribution in [0.4, 0.5) is 0 Å². The first-order valence-corrected chi connectivity index (χ1v) is 7.17. The van der Waals surface area contributed by atoms with Crippen LogP contribution >= 0.6 is 0 Å². The highest BCUT2D eigenvalue weighted by atomic mass is 16.5. The first-order valence-electron chi connectivity index (χ1n) is 7.17. The molecular formula is C18H18N2O2. The van der Waals surface area contributed by atoms with Gasteiger partial charge in [0.1, 0.15) is 11.5 Å². The Bertz CT molecular complexity index is 696. The van der Waals surface area contributed by atoms with Gasteiger partial charge in [-0.3, -0.25) is 10.3 Å². The highest BCUT2D eigenvalue weighted by Crippen LogP contribution is 2.30. The molecule has 4 heteroatoms. The number of hydrogen-bond acceptors (Lipinski definition) is 4. The first-order chi connectivity index (χ1) is 10.9. The molecule has 3 aromatic rings. The van der Waals surface area contributed by atoms with Crippen molar-refractivity contribution in [2.24, 2.45) is 0 Å². The molecule has 2 aromatic heterocycles. The topological polar surface area (TPSA) is 47.3 Å². The Balaban J connectivity index is 1.88. The maximum atomic E-state index is 5.60. The molecule has 112 valence electrons. The Morgan fingerprint density at radius 1 is 1.14 bits per heavy atom. The van der Waals surface area contributed by atoms with Crippen molar-refractivity contribution in [2.45, 2.75) is 12.6 Å². The van der Waals surface area contributed by atoms with E-state index in [2.05, 4.69) is 10.3 Å². The molecule has 0 spiro atoms. The van der Waals surface area contributed by atoms with Crippen molar-refractivity contribution in [1.29, 1.82) is 0 Å². The van der Waals surface area contributed by atoms with E-state index in [1.54, 1.807) is 19.6 Å². The van der Waals surface area contributed by atoms with Gasteiger partial charge in [0.05, 0.1) is 19.4 Å². The van der Waals surface area contributed by atoms with Gasteiger partial charge in [-0.15, -0.1) is 0 Å². The van der Waals surface area contributed by atoms with Gasteiger partial charge >= 0.3 is 0 Å². The van der Waals surface area contributed by atoms with Gasteiger partial charge in [0, 0.05) is 24.5 Å². The molecule has 0 aliphatic rings. The molecule has 0 fully saturated rings. The molecule has 0 unspecified atom stereocenters. The van der Waals surface area contributed by atoms with E-state index in [0.29, 0.717) is 6.54 Å². The minimum Gasteiger partial charge on any atom is -0.496 e. The zero-order chi connectivity index (χ0) is 15.2. The van der Waals surface area contributed by atoms with Crippen molar-refractivity contribution >= 4 is 0 Å². The van der Waals surface area contributed by atoms with E-state index in [4.69, 9.17) is 9.15 Å². The summed E-state index contributed by atoms with van der Waals surface area (Å²) in [5, 5.41) is 3.52. The lowest BCUT2D eigenvalue weighted by atomic mass is 10.0. The van der Waals surface area contributed by atoms with Crippen LogP contribution in [0.1, 0.15) is 22.9 Å². The Kier molecular flexibility index (Phi) is 4.51. The summed E-state index contributed by atoms with van der Waals surface area (Å²) in [6.07, 6.45) is 5.31. The molecular weight excluding hydrogens is 276 g/mol. The average Bonchev–Trinajstić information content (AvgIpc) is 3.11. The molecule has 1 N–H and O–H groups in total. The van der Waals surface area contributed by atoms with Crippen LogP contribution < -0.4 is 10.1 Å². The fourth-order valence-corrected chi connectivity index (χ4v) is 2.45. The van der Waals surface area contributed by atoms with Crippen LogP contribution in [-0.2, 0) is 6.54 Å². The number of furan rings is 1. The third-order valence-electron chi connectivity index (χ3n) is 3.51. The molecule has 0 bridgehead atoms. The number of ether oxygens (including phenoxy) is 1. The highest BCUT2D eigenvalue weighted by molar-refractivity contribution is 5.39. The Hall–Kier alpha value is -2.59. The van der Waals surface area contributed by atoms with E-state index in [1.807, 2.05) is 54.7 Å². The van der Waals surface area contributed by atoms with Crippen LogP contribution in [-0.4, -0.2) is 12.1 Å². The molecule has 1 aromatic carbocycles. The van der Waals surface area contributed by atoms with Gasteiger partial charge in [0.15, 0.2) is 0 Å². The smallest absolute Gasteiger partial charge is 0.125 e. The lowest BCUT2D eigenvalue weighted by Crippen LogP contribution is -2.22. The zero-order valence-electron chi connectivity index (χ0n) is 12.4. The minimum atomic E-state index is -0.0774. The lowest BCUT2D eigenvalue weighted by molar-refractivity contribution is 0.392. The Morgan fingerprint density at radius 2 is 2.05 bits per heavy atom. The lowest BCUT2D eigenvalue weighted by Gasteiger charge is -2.19. The summed E-state index contributed by atoms with van der Waals surface area (Å²) in [7, 11) is 1.68. The van der Waals surface area contributed by atoms with Crippen LogP contribution in [0.2, 0.25) is 0 Å². The van der Waals surface area contributed by atoms with E-state index in [1.165, 1.54) is 0 Å². The summed E-state index contributed by atoms with van der Waals surface area (Å²) in [6, 6.07) is 15.7. The molecule has 22 heavy (non-hydrogen) atoms. The van der Waals surface area contributed by atoms with Crippen molar-refractivity contribution in [3.63, 3.8) is 0 Å². The van der Waals surface area contributed by atoms with Crippen LogP contribution in [0.3, 0.4) is 0 Å². The molecule has 0 saturated heterocycles. The van der Waals surface area contributed by atoms with Crippen molar-refractivity contribution in [1.82, 2.24) is 10.3 Å². The SMILES string of the molecule is COc1ccccc1[C@@H](NCc1cccnc1)c1ccco1. The molecule has 1 atom stereocenters. The number of pyridine rings is 1. The molecule has 2 heterocycles. The van der Waals surface area contributed by atoms with Crippen molar-refractivity contribution in [3.8, 4) is 5.75 Å². The summed E-state index contributed by atoms with van der Waals surface area (Å²) >= 11 is 0.